The molecule has 0 aliphatic rings. The van der Waals surface area contributed by atoms with Crippen LogP contribution < -0.4 is 0 Å². The van der Waals surface area contributed by atoms with Gasteiger partial charge < -0.3 is 17.6 Å². The second-order valence-corrected chi connectivity index (χ2v) is 1.52. The molecule has 0 saturated heterocycles. The molecular formula is C7H9O2Y-. The van der Waals surface area contributed by atoms with Crippen molar-refractivity contribution in [2.24, 2.45) is 0 Å². The van der Waals surface area contributed by atoms with E-state index in [1.165, 1.54) is 18.2 Å². The standard InChI is InChI=1S/C6H6O2.CH3.Y/c7-5-2-1-3-6(8)4-5;;/h1-4,7-8H;1H3;/q;-1;. The van der Waals surface area contributed by atoms with Crippen LogP contribution in [-0.2, 0) is 32.7 Å². The number of rotatable bonds is 0. The summed E-state index contributed by atoms with van der Waals surface area (Å²) in [5.41, 5.74) is 0. The van der Waals surface area contributed by atoms with Gasteiger partial charge in [-0.25, -0.2) is 0 Å². The zero-order chi connectivity index (χ0) is 5.98. The number of phenols is 2. The van der Waals surface area contributed by atoms with Crippen LogP contribution in [0.15, 0.2) is 24.3 Å². The van der Waals surface area contributed by atoms with Gasteiger partial charge in [0.15, 0.2) is 0 Å². The maximum absolute atomic E-state index is 8.65. The Morgan fingerprint density at radius 3 is 1.60 bits per heavy atom. The zero-order valence-corrected chi connectivity index (χ0v) is 8.62. The Kier molecular flexibility index (Phi) is 7.16. The minimum absolute atomic E-state index is 0. The summed E-state index contributed by atoms with van der Waals surface area (Å²) in [6, 6.07) is 5.85. The van der Waals surface area contributed by atoms with Crippen molar-refractivity contribution in [2.45, 2.75) is 0 Å². The maximum atomic E-state index is 8.65. The van der Waals surface area contributed by atoms with E-state index in [4.69, 9.17) is 10.2 Å². The molecule has 2 N–H and O–H groups in total. The molecule has 10 heavy (non-hydrogen) atoms. The molecule has 0 aliphatic heterocycles. The van der Waals surface area contributed by atoms with Crippen molar-refractivity contribution in [1.82, 2.24) is 0 Å². The van der Waals surface area contributed by atoms with E-state index in [0.717, 1.165) is 0 Å². The molecule has 53 valence electrons. The first-order chi connectivity index (χ1) is 3.79. The van der Waals surface area contributed by atoms with Crippen LogP contribution in [0.25, 0.3) is 0 Å². The predicted molar refractivity (Wildman–Crippen MR) is 36.2 cm³/mol. The van der Waals surface area contributed by atoms with Gasteiger partial charge in [0.05, 0.1) is 0 Å². The number of benzene rings is 1. The van der Waals surface area contributed by atoms with E-state index in [9.17, 15) is 0 Å². The van der Waals surface area contributed by atoms with Crippen molar-refractivity contribution in [3.05, 3.63) is 31.7 Å². The van der Waals surface area contributed by atoms with Gasteiger partial charge in [-0.05, 0) is 12.1 Å². The van der Waals surface area contributed by atoms with Crippen molar-refractivity contribution in [1.29, 1.82) is 0 Å². The van der Waals surface area contributed by atoms with Gasteiger partial charge in [0.2, 0.25) is 0 Å². The van der Waals surface area contributed by atoms with Gasteiger partial charge in [-0.2, -0.15) is 0 Å². The fourth-order valence-electron chi connectivity index (χ4n) is 0.493. The monoisotopic (exact) mass is 214 g/mol. The molecule has 0 spiro atoms. The summed E-state index contributed by atoms with van der Waals surface area (Å²) in [6.45, 7) is 0. The van der Waals surface area contributed by atoms with Crippen LogP contribution in [0.4, 0.5) is 0 Å². The largest absolute Gasteiger partial charge is 0.508 e. The fraction of sp³-hybridized carbons (Fsp3) is 0. The molecule has 0 fully saturated rings. The van der Waals surface area contributed by atoms with Crippen LogP contribution in [0.1, 0.15) is 0 Å². The molecule has 3 heteroatoms. The van der Waals surface area contributed by atoms with E-state index in [1.54, 1.807) is 6.07 Å². The topological polar surface area (TPSA) is 40.5 Å². The Bertz CT molecular complexity index is 171. The summed E-state index contributed by atoms with van der Waals surface area (Å²) in [7, 11) is 0. The Hall–Kier alpha value is -0.0761. The second-order valence-electron chi connectivity index (χ2n) is 1.52. The van der Waals surface area contributed by atoms with E-state index >= 15 is 0 Å². The van der Waals surface area contributed by atoms with Gasteiger partial charge in [-0.3, -0.25) is 0 Å². The molecule has 1 aromatic carbocycles. The first kappa shape index (κ1) is 12.6. The van der Waals surface area contributed by atoms with Crippen LogP contribution >= 0.6 is 0 Å². The van der Waals surface area contributed by atoms with Crippen LogP contribution in [0.2, 0.25) is 0 Å². The van der Waals surface area contributed by atoms with Crippen molar-refractivity contribution in [3.63, 3.8) is 0 Å². The Labute approximate surface area is 85.8 Å². The summed E-state index contributed by atoms with van der Waals surface area (Å²) in [6.07, 6.45) is 0. The number of phenolic OH excluding ortho intramolecular Hbond substituents is 2. The summed E-state index contributed by atoms with van der Waals surface area (Å²) in [5, 5.41) is 17.3. The first-order valence-electron chi connectivity index (χ1n) is 2.27. The molecule has 0 aromatic heterocycles. The molecule has 0 unspecified atom stereocenters. The van der Waals surface area contributed by atoms with Crippen molar-refractivity contribution in [2.75, 3.05) is 0 Å². The second kappa shape index (κ2) is 5.69. The van der Waals surface area contributed by atoms with Crippen molar-refractivity contribution < 1.29 is 42.9 Å². The molecule has 1 radical (unpaired) electrons. The number of hydrogen-bond acceptors (Lipinski definition) is 2. The predicted octanol–water partition coefficient (Wildman–Crippen LogP) is 1.55. The molecule has 1 rings (SSSR count). The number of aromatic hydroxyl groups is 2. The minimum Gasteiger partial charge on any atom is -0.508 e. The molecule has 0 heterocycles. The molecule has 0 amide bonds. The third kappa shape index (κ3) is 3.86. The normalized spacial score (nSPS) is 7.20. The average Bonchev–Trinajstić information content (AvgIpc) is 1.64. The van der Waals surface area contributed by atoms with Crippen LogP contribution in [0.3, 0.4) is 0 Å². The first-order valence-corrected chi connectivity index (χ1v) is 2.27. The quantitative estimate of drug-likeness (QED) is 0.643. The third-order valence-corrected chi connectivity index (χ3v) is 0.830. The Morgan fingerprint density at radius 1 is 1.00 bits per heavy atom. The van der Waals surface area contributed by atoms with Crippen LogP contribution in [-0.4, -0.2) is 10.2 Å². The molecule has 0 saturated carbocycles. The Morgan fingerprint density at radius 2 is 1.40 bits per heavy atom. The molecule has 0 atom stereocenters. The molecule has 2 nitrogen and oxygen atoms in total. The fourth-order valence-corrected chi connectivity index (χ4v) is 0.493. The van der Waals surface area contributed by atoms with Crippen molar-refractivity contribution in [3.8, 4) is 11.5 Å². The molecule has 1 aromatic rings. The summed E-state index contributed by atoms with van der Waals surface area (Å²) in [5.74, 6) is 0.176. The molecular weight excluding hydrogens is 205 g/mol. The SMILES string of the molecule is Oc1cccc(O)c1.[CH3-].[Y]. The van der Waals surface area contributed by atoms with Gasteiger partial charge in [-0.1, -0.05) is 6.07 Å². The average molecular weight is 214 g/mol. The van der Waals surface area contributed by atoms with E-state index in [1.807, 2.05) is 0 Å². The van der Waals surface area contributed by atoms with Gasteiger partial charge >= 0.3 is 0 Å². The minimum atomic E-state index is 0. The van der Waals surface area contributed by atoms with Crippen LogP contribution in [0, 0.1) is 7.43 Å². The van der Waals surface area contributed by atoms with E-state index in [-0.39, 0.29) is 51.6 Å². The zero-order valence-electron chi connectivity index (χ0n) is 5.78. The van der Waals surface area contributed by atoms with E-state index in [2.05, 4.69) is 0 Å². The van der Waals surface area contributed by atoms with E-state index < -0.39 is 0 Å². The van der Waals surface area contributed by atoms with Gasteiger partial charge in [0, 0.05) is 38.8 Å². The molecule has 0 aliphatic carbocycles. The molecule has 0 bridgehead atoms. The van der Waals surface area contributed by atoms with Crippen LogP contribution in [0.5, 0.6) is 11.5 Å². The summed E-state index contributed by atoms with van der Waals surface area (Å²) >= 11 is 0. The Balaban J connectivity index is 0. The van der Waals surface area contributed by atoms with Gasteiger partial charge in [0.1, 0.15) is 11.5 Å². The third-order valence-electron chi connectivity index (χ3n) is 0.830. The van der Waals surface area contributed by atoms with Gasteiger partial charge in [-0.15, -0.1) is 0 Å². The van der Waals surface area contributed by atoms with E-state index in [0.29, 0.717) is 0 Å². The van der Waals surface area contributed by atoms with Gasteiger partial charge in [0.25, 0.3) is 0 Å². The summed E-state index contributed by atoms with van der Waals surface area (Å²) < 4.78 is 0. The maximum Gasteiger partial charge on any atom is 0.119 e. The smallest absolute Gasteiger partial charge is 0.119 e. The summed E-state index contributed by atoms with van der Waals surface area (Å²) in [4.78, 5) is 0. The number of hydrogen-bond donors (Lipinski definition) is 2. The van der Waals surface area contributed by atoms with Crippen molar-refractivity contribution >= 4 is 0 Å².